The van der Waals surface area contributed by atoms with E-state index in [1.54, 1.807) is 0 Å². The lowest BCUT2D eigenvalue weighted by molar-refractivity contribution is 0.132. The van der Waals surface area contributed by atoms with Gasteiger partial charge in [-0.1, -0.05) is 103 Å². The molecule has 0 heterocycles. The van der Waals surface area contributed by atoms with Crippen LogP contribution in [0, 0.1) is 0 Å². The molecule has 0 aliphatic carbocycles. The third-order valence-electron chi connectivity index (χ3n) is 5.53. The third kappa shape index (κ3) is 5.74. The van der Waals surface area contributed by atoms with Crippen molar-refractivity contribution in [3.05, 3.63) is 120 Å². The Morgan fingerprint density at radius 3 is 2.16 bits per heavy atom. The fourth-order valence-corrected chi connectivity index (χ4v) is 3.93. The molecule has 162 valence electrons. The van der Waals surface area contributed by atoms with E-state index in [9.17, 15) is 4.79 Å². The molecule has 0 spiro atoms. The van der Waals surface area contributed by atoms with E-state index in [2.05, 4.69) is 66.1 Å². The van der Waals surface area contributed by atoms with Crippen molar-refractivity contribution < 1.29 is 9.53 Å². The molecule has 0 saturated carbocycles. The van der Waals surface area contributed by atoms with Gasteiger partial charge in [-0.25, -0.2) is 4.79 Å². The predicted molar refractivity (Wildman–Crippen MR) is 129 cm³/mol. The maximum absolute atomic E-state index is 12.6. The topological polar surface area (TPSA) is 50.4 Å². The Bertz CT molecular complexity index is 1140. The number of nitrogens with one attached hydrogen (secondary N) is 2. The first-order chi connectivity index (χ1) is 15.7. The van der Waals surface area contributed by atoms with E-state index in [1.165, 1.54) is 16.3 Å². The molecule has 4 heteroatoms. The number of carbonyl (C=O) groups excluding carboxylic acids is 1. The van der Waals surface area contributed by atoms with E-state index in [0.717, 1.165) is 11.1 Å². The summed E-state index contributed by atoms with van der Waals surface area (Å²) < 4.78 is 5.46. The molecule has 32 heavy (non-hydrogen) atoms. The molecule has 0 bridgehead atoms. The van der Waals surface area contributed by atoms with Crippen LogP contribution in [0.2, 0.25) is 0 Å². The summed E-state index contributed by atoms with van der Waals surface area (Å²) in [6, 6.07) is 34.5. The zero-order valence-corrected chi connectivity index (χ0v) is 18.2. The van der Waals surface area contributed by atoms with Crippen LogP contribution in [0.1, 0.15) is 29.7 Å². The van der Waals surface area contributed by atoms with Gasteiger partial charge in [0.2, 0.25) is 0 Å². The van der Waals surface area contributed by atoms with Crippen LogP contribution >= 0.6 is 0 Å². The predicted octanol–water partition coefficient (Wildman–Crippen LogP) is 5.99. The number of benzene rings is 4. The molecule has 2 atom stereocenters. The molecule has 0 aliphatic rings. The summed E-state index contributed by atoms with van der Waals surface area (Å²) in [7, 11) is 0. The first-order valence-corrected chi connectivity index (χ1v) is 10.9. The molecule has 0 aliphatic heterocycles. The number of ether oxygens (including phenoxy) is 1. The summed E-state index contributed by atoms with van der Waals surface area (Å²) in [5.41, 5.74) is 3.29. The molecule has 1 amide bonds. The highest BCUT2D eigenvalue weighted by Gasteiger charge is 2.18. The Kier molecular flexibility index (Phi) is 7.15. The summed E-state index contributed by atoms with van der Waals surface area (Å²) in [6.07, 6.45) is -0.0711. The maximum Gasteiger partial charge on any atom is 0.408 e. The van der Waals surface area contributed by atoms with Crippen LogP contribution in [-0.4, -0.2) is 12.3 Å². The number of hydrogen-bond acceptors (Lipinski definition) is 3. The van der Waals surface area contributed by atoms with Gasteiger partial charge in [-0.2, -0.15) is 0 Å². The van der Waals surface area contributed by atoms with Crippen LogP contribution < -0.4 is 10.6 Å². The first-order valence-electron chi connectivity index (χ1n) is 10.9. The summed E-state index contributed by atoms with van der Waals surface area (Å²) in [5.74, 6) is 0. The van der Waals surface area contributed by atoms with Gasteiger partial charge in [0.05, 0.1) is 6.17 Å². The van der Waals surface area contributed by atoms with E-state index in [1.807, 2.05) is 54.6 Å². The molecular formula is C28H28N2O2. The van der Waals surface area contributed by atoms with Crippen molar-refractivity contribution in [2.75, 3.05) is 0 Å². The average Bonchev–Trinajstić information content (AvgIpc) is 2.83. The van der Waals surface area contributed by atoms with E-state index in [-0.39, 0.29) is 18.8 Å². The standard InChI is InChI=1S/C28H28N2O2/c1-21(25-18-10-16-24-15-8-9-17-26(24)25)29-27(19-22-11-4-2-5-12-22)30-28(31)32-20-23-13-6-3-7-14-23/h2-18,21,27,29H,19-20H2,1H3,(H,30,31)/t21-,27-/m1/s1. The van der Waals surface area contributed by atoms with Crippen molar-refractivity contribution in [1.82, 2.24) is 10.6 Å². The van der Waals surface area contributed by atoms with Crippen molar-refractivity contribution in [2.24, 2.45) is 0 Å². The Balaban J connectivity index is 1.47. The van der Waals surface area contributed by atoms with Gasteiger partial charge in [-0.15, -0.1) is 0 Å². The van der Waals surface area contributed by atoms with Gasteiger partial charge in [0.15, 0.2) is 0 Å². The normalized spacial score (nSPS) is 12.8. The van der Waals surface area contributed by atoms with Gasteiger partial charge in [0.25, 0.3) is 0 Å². The van der Waals surface area contributed by atoms with Crippen LogP contribution in [0.3, 0.4) is 0 Å². The first kappa shape index (κ1) is 21.6. The van der Waals surface area contributed by atoms with E-state index >= 15 is 0 Å². The number of carbonyl (C=O) groups is 1. The van der Waals surface area contributed by atoms with Gasteiger partial charge in [0.1, 0.15) is 6.61 Å². The van der Waals surface area contributed by atoms with Gasteiger partial charge in [-0.3, -0.25) is 5.32 Å². The Morgan fingerprint density at radius 1 is 0.781 bits per heavy atom. The summed E-state index contributed by atoms with van der Waals surface area (Å²) in [5, 5.41) is 9.01. The third-order valence-corrected chi connectivity index (χ3v) is 5.53. The number of alkyl carbamates (subject to hydrolysis) is 1. The SMILES string of the molecule is C[C@@H](N[C@@H](Cc1ccccc1)NC(=O)OCc1ccccc1)c1cccc2ccccc12. The Morgan fingerprint density at radius 2 is 1.41 bits per heavy atom. The largest absolute Gasteiger partial charge is 0.445 e. The molecule has 2 N–H and O–H groups in total. The monoisotopic (exact) mass is 424 g/mol. The lowest BCUT2D eigenvalue weighted by atomic mass is 9.99. The lowest BCUT2D eigenvalue weighted by Crippen LogP contribution is -2.47. The fourth-order valence-electron chi connectivity index (χ4n) is 3.93. The molecule has 4 aromatic carbocycles. The summed E-state index contributed by atoms with van der Waals surface area (Å²) in [6.45, 7) is 2.36. The second-order valence-corrected chi connectivity index (χ2v) is 7.91. The Labute approximate surface area is 189 Å². The van der Waals surface area contributed by atoms with Crippen LogP contribution in [0.5, 0.6) is 0 Å². The average molecular weight is 425 g/mol. The second-order valence-electron chi connectivity index (χ2n) is 7.91. The highest BCUT2D eigenvalue weighted by atomic mass is 16.5. The number of fused-ring (bicyclic) bond motifs is 1. The highest BCUT2D eigenvalue weighted by molar-refractivity contribution is 5.86. The number of amides is 1. The zero-order valence-electron chi connectivity index (χ0n) is 18.2. The summed E-state index contributed by atoms with van der Waals surface area (Å²) >= 11 is 0. The van der Waals surface area contributed by atoms with Gasteiger partial charge >= 0.3 is 6.09 Å². The van der Waals surface area contributed by atoms with E-state index in [4.69, 9.17) is 4.74 Å². The second kappa shape index (κ2) is 10.6. The van der Waals surface area contributed by atoms with Crippen LogP contribution in [0.4, 0.5) is 4.79 Å². The minimum atomic E-state index is -0.438. The van der Waals surface area contributed by atoms with Gasteiger partial charge < -0.3 is 10.1 Å². The van der Waals surface area contributed by atoms with Crippen molar-refractivity contribution >= 4 is 16.9 Å². The minimum Gasteiger partial charge on any atom is -0.445 e. The molecule has 4 nitrogen and oxygen atoms in total. The van der Waals surface area contributed by atoms with Gasteiger partial charge in [0, 0.05) is 12.5 Å². The molecule has 0 fully saturated rings. The van der Waals surface area contributed by atoms with E-state index < -0.39 is 6.09 Å². The Hall–Kier alpha value is -3.63. The van der Waals surface area contributed by atoms with Crippen molar-refractivity contribution in [3.8, 4) is 0 Å². The van der Waals surface area contributed by atoms with Crippen LogP contribution in [0.15, 0.2) is 103 Å². The molecule has 0 radical (unpaired) electrons. The van der Waals surface area contributed by atoms with Crippen molar-refractivity contribution in [2.45, 2.75) is 32.2 Å². The van der Waals surface area contributed by atoms with Gasteiger partial charge in [-0.05, 0) is 34.4 Å². The molecule has 4 aromatic rings. The number of hydrogen-bond donors (Lipinski definition) is 2. The molecule has 0 aromatic heterocycles. The summed E-state index contributed by atoms with van der Waals surface area (Å²) in [4.78, 5) is 12.6. The smallest absolute Gasteiger partial charge is 0.408 e. The van der Waals surface area contributed by atoms with E-state index in [0.29, 0.717) is 6.42 Å². The van der Waals surface area contributed by atoms with Crippen molar-refractivity contribution in [3.63, 3.8) is 0 Å². The molecule has 0 unspecified atom stereocenters. The minimum absolute atomic E-state index is 0.0317. The molecular weight excluding hydrogens is 396 g/mol. The maximum atomic E-state index is 12.6. The molecule has 4 rings (SSSR count). The van der Waals surface area contributed by atoms with Crippen LogP contribution in [0.25, 0.3) is 10.8 Å². The van der Waals surface area contributed by atoms with Crippen molar-refractivity contribution in [1.29, 1.82) is 0 Å². The van der Waals surface area contributed by atoms with Crippen LogP contribution in [-0.2, 0) is 17.8 Å². The zero-order chi connectivity index (χ0) is 22.2. The lowest BCUT2D eigenvalue weighted by Gasteiger charge is -2.25. The molecule has 0 saturated heterocycles. The highest BCUT2D eigenvalue weighted by Crippen LogP contribution is 2.24. The quantitative estimate of drug-likeness (QED) is 0.342. The fraction of sp³-hybridized carbons (Fsp3) is 0.179. The number of rotatable bonds is 8.